The number of hydrogen-bond donors (Lipinski definition) is 1. The van der Waals surface area contributed by atoms with Crippen LogP contribution in [0.4, 0.5) is 4.79 Å². The summed E-state index contributed by atoms with van der Waals surface area (Å²) in [5.41, 5.74) is 0. The van der Waals surface area contributed by atoms with Crippen molar-refractivity contribution in [2.45, 2.75) is 6.42 Å². The predicted molar refractivity (Wildman–Crippen MR) is 50.7 cm³/mol. The van der Waals surface area contributed by atoms with Gasteiger partial charge in [0, 0.05) is 13.1 Å². The van der Waals surface area contributed by atoms with E-state index in [0.717, 1.165) is 19.5 Å². The molecule has 1 aromatic rings. The molecule has 0 atom stereocenters. The minimum absolute atomic E-state index is 0.731. The van der Waals surface area contributed by atoms with Crippen molar-refractivity contribution < 1.29 is 9.90 Å². The number of hydrogen-bond acceptors (Lipinski definition) is 1. The largest absolute Gasteiger partial charge is 0.465 e. The molecule has 1 N–H and O–H groups in total. The maximum absolute atomic E-state index is 9.91. The Bertz CT molecular complexity index is 218. The van der Waals surface area contributed by atoms with Crippen LogP contribution in [0.25, 0.3) is 0 Å². The Balaban J connectivity index is 0.000000132. The number of rotatable bonds is 0. The second kappa shape index (κ2) is 5.19. The Morgan fingerprint density at radius 1 is 1.00 bits per heavy atom. The van der Waals surface area contributed by atoms with Gasteiger partial charge in [-0.3, -0.25) is 0 Å². The molecule has 0 radical (unpaired) electrons. The van der Waals surface area contributed by atoms with Crippen LogP contribution in [-0.2, 0) is 0 Å². The Hall–Kier alpha value is -1.51. The van der Waals surface area contributed by atoms with Crippen molar-refractivity contribution in [1.29, 1.82) is 0 Å². The van der Waals surface area contributed by atoms with Gasteiger partial charge in [0.2, 0.25) is 0 Å². The summed E-state index contributed by atoms with van der Waals surface area (Å²) < 4.78 is 0. The van der Waals surface area contributed by atoms with Gasteiger partial charge in [0.25, 0.3) is 0 Å². The minimum atomic E-state index is -0.786. The van der Waals surface area contributed by atoms with Gasteiger partial charge in [0.1, 0.15) is 0 Å². The number of likely N-dealkylation sites (tertiary alicyclic amines) is 1. The number of carbonyl (C=O) groups is 1. The standard InChI is InChI=1S/C6H6.C4H7NO2/c1-2-4-6-5-3-1;6-4(7)5-2-1-3-5/h1-6H;1-3H2,(H,6,7). The Labute approximate surface area is 77.6 Å². The zero-order chi connectivity index (χ0) is 9.52. The van der Waals surface area contributed by atoms with E-state index in [2.05, 4.69) is 0 Å². The Morgan fingerprint density at radius 3 is 1.46 bits per heavy atom. The highest BCUT2D eigenvalue weighted by molar-refractivity contribution is 5.65. The molecule has 2 rings (SSSR count). The van der Waals surface area contributed by atoms with Crippen molar-refractivity contribution in [2.75, 3.05) is 13.1 Å². The number of amides is 1. The molecule has 1 saturated heterocycles. The lowest BCUT2D eigenvalue weighted by Gasteiger charge is -2.27. The third-order valence-electron chi connectivity index (χ3n) is 1.79. The monoisotopic (exact) mass is 179 g/mol. The molecule has 1 heterocycles. The topological polar surface area (TPSA) is 40.5 Å². The van der Waals surface area contributed by atoms with Crippen LogP contribution in [0.3, 0.4) is 0 Å². The fourth-order valence-electron chi connectivity index (χ4n) is 0.892. The van der Waals surface area contributed by atoms with Crippen LogP contribution in [0.1, 0.15) is 6.42 Å². The molecular formula is C10H13NO2. The molecule has 0 spiro atoms. The summed E-state index contributed by atoms with van der Waals surface area (Å²) in [5, 5.41) is 8.16. The summed E-state index contributed by atoms with van der Waals surface area (Å²) in [5.74, 6) is 0. The second-order valence-electron chi connectivity index (χ2n) is 2.78. The summed E-state index contributed by atoms with van der Waals surface area (Å²) in [7, 11) is 0. The van der Waals surface area contributed by atoms with Crippen LogP contribution in [0.15, 0.2) is 36.4 Å². The van der Waals surface area contributed by atoms with Gasteiger partial charge in [-0.1, -0.05) is 36.4 Å². The second-order valence-corrected chi connectivity index (χ2v) is 2.78. The zero-order valence-corrected chi connectivity index (χ0v) is 7.39. The predicted octanol–water partition coefficient (Wildman–Crippen LogP) is 2.06. The van der Waals surface area contributed by atoms with Gasteiger partial charge in [0.05, 0.1) is 0 Å². The maximum atomic E-state index is 9.91. The highest BCUT2D eigenvalue weighted by atomic mass is 16.4. The molecule has 1 aliphatic rings. The highest BCUT2D eigenvalue weighted by Gasteiger charge is 2.17. The SMILES string of the molecule is O=C(O)N1CCC1.c1ccccc1. The van der Waals surface area contributed by atoms with E-state index in [1.54, 1.807) is 0 Å². The van der Waals surface area contributed by atoms with E-state index in [1.807, 2.05) is 36.4 Å². The molecular weight excluding hydrogens is 166 g/mol. The van der Waals surface area contributed by atoms with Gasteiger partial charge in [0.15, 0.2) is 0 Å². The van der Waals surface area contributed by atoms with E-state index in [4.69, 9.17) is 5.11 Å². The molecule has 13 heavy (non-hydrogen) atoms. The molecule has 0 aromatic heterocycles. The maximum Gasteiger partial charge on any atom is 0.407 e. The zero-order valence-electron chi connectivity index (χ0n) is 7.39. The van der Waals surface area contributed by atoms with E-state index in [-0.39, 0.29) is 0 Å². The van der Waals surface area contributed by atoms with E-state index in [9.17, 15) is 4.79 Å². The third-order valence-corrected chi connectivity index (χ3v) is 1.79. The molecule has 0 saturated carbocycles. The number of benzene rings is 1. The van der Waals surface area contributed by atoms with Crippen molar-refractivity contribution in [3.05, 3.63) is 36.4 Å². The van der Waals surface area contributed by atoms with Crippen LogP contribution in [0.2, 0.25) is 0 Å². The lowest BCUT2D eigenvalue weighted by molar-refractivity contribution is 0.118. The molecule has 3 heteroatoms. The molecule has 1 fully saturated rings. The van der Waals surface area contributed by atoms with E-state index >= 15 is 0 Å². The quantitative estimate of drug-likeness (QED) is 0.662. The first-order valence-electron chi connectivity index (χ1n) is 4.28. The van der Waals surface area contributed by atoms with Gasteiger partial charge in [-0.05, 0) is 6.42 Å². The summed E-state index contributed by atoms with van der Waals surface area (Å²) in [6, 6.07) is 12.0. The molecule has 1 aliphatic heterocycles. The van der Waals surface area contributed by atoms with Crippen LogP contribution < -0.4 is 0 Å². The van der Waals surface area contributed by atoms with Crippen molar-refractivity contribution in [3.63, 3.8) is 0 Å². The van der Waals surface area contributed by atoms with Crippen LogP contribution in [-0.4, -0.2) is 29.2 Å². The summed E-state index contributed by atoms with van der Waals surface area (Å²) in [6.07, 6.45) is 0.248. The van der Waals surface area contributed by atoms with Gasteiger partial charge in [-0.2, -0.15) is 0 Å². The van der Waals surface area contributed by atoms with Crippen molar-refractivity contribution in [1.82, 2.24) is 4.90 Å². The lowest BCUT2D eigenvalue weighted by atomic mass is 10.2. The first-order chi connectivity index (χ1) is 6.30. The summed E-state index contributed by atoms with van der Waals surface area (Å²) in [6.45, 7) is 1.46. The molecule has 1 aromatic carbocycles. The smallest absolute Gasteiger partial charge is 0.407 e. The van der Waals surface area contributed by atoms with Crippen molar-refractivity contribution in [2.24, 2.45) is 0 Å². The van der Waals surface area contributed by atoms with Crippen LogP contribution >= 0.6 is 0 Å². The molecule has 70 valence electrons. The summed E-state index contributed by atoms with van der Waals surface area (Å²) >= 11 is 0. The van der Waals surface area contributed by atoms with Crippen molar-refractivity contribution in [3.8, 4) is 0 Å². The Kier molecular flexibility index (Phi) is 3.82. The van der Waals surface area contributed by atoms with Crippen LogP contribution in [0, 0.1) is 0 Å². The van der Waals surface area contributed by atoms with Gasteiger partial charge in [-0.25, -0.2) is 4.79 Å². The van der Waals surface area contributed by atoms with Crippen LogP contribution in [0.5, 0.6) is 0 Å². The number of carboxylic acid groups (broad SMARTS) is 1. The Morgan fingerprint density at radius 2 is 1.38 bits per heavy atom. The first kappa shape index (κ1) is 9.58. The van der Waals surface area contributed by atoms with E-state index < -0.39 is 6.09 Å². The van der Waals surface area contributed by atoms with Crippen molar-refractivity contribution >= 4 is 6.09 Å². The minimum Gasteiger partial charge on any atom is -0.465 e. The first-order valence-corrected chi connectivity index (χ1v) is 4.28. The van der Waals surface area contributed by atoms with Gasteiger partial charge in [-0.15, -0.1) is 0 Å². The molecule has 0 unspecified atom stereocenters. The molecule has 1 amide bonds. The fourth-order valence-corrected chi connectivity index (χ4v) is 0.892. The average Bonchev–Trinajstić information content (AvgIpc) is 2.04. The van der Waals surface area contributed by atoms with Gasteiger partial charge < -0.3 is 10.0 Å². The molecule has 0 aliphatic carbocycles. The fraction of sp³-hybridized carbons (Fsp3) is 0.300. The van der Waals surface area contributed by atoms with Gasteiger partial charge >= 0.3 is 6.09 Å². The van der Waals surface area contributed by atoms with E-state index in [1.165, 1.54) is 4.90 Å². The third kappa shape index (κ3) is 3.60. The lowest BCUT2D eigenvalue weighted by Crippen LogP contribution is -2.40. The molecule has 0 bridgehead atoms. The normalized spacial score (nSPS) is 13.7. The average molecular weight is 179 g/mol. The highest BCUT2D eigenvalue weighted by Crippen LogP contribution is 2.03. The van der Waals surface area contributed by atoms with E-state index in [0.29, 0.717) is 0 Å². The summed E-state index contributed by atoms with van der Waals surface area (Å²) in [4.78, 5) is 11.3. The molecule has 3 nitrogen and oxygen atoms in total. The number of nitrogens with zero attached hydrogens (tertiary/aromatic N) is 1.